The van der Waals surface area contributed by atoms with Crippen LogP contribution in [0.2, 0.25) is 0 Å². The molecule has 2 aliphatic rings. The molecule has 1 aromatic carbocycles. The van der Waals surface area contributed by atoms with E-state index < -0.39 is 5.54 Å². The number of alkyl halides is 2. The fourth-order valence-corrected chi connectivity index (χ4v) is 3.62. The van der Waals surface area contributed by atoms with Crippen molar-refractivity contribution in [1.29, 1.82) is 0 Å². The molecule has 2 aliphatic heterocycles. The molecule has 2 atom stereocenters. The van der Waals surface area contributed by atoms with E-state index in [1.165, 1.54) is 5.01 Å². The maximum Gasteiger partial charge on any atom is 0.276 e. The molecule has 0 spiro atoms. The van der Waals surface area contributed by atoms with Gasteiger partial charge in [0.2, 0.25) is 0 Å². The summed E-state index contributed by atoms with van der Waals surface area (Å²) < 4.78 is 0. The Morgan fingerprint density at radius 3 is 1.95 bits per heavy atom. The smallest absolute Gasteiger partial charge is 0.267 e. The van der Waals surface area contributed by atoms with E-state index in [2.05, 4.69) is 0 Å². The molecular weight excluding hydrogens is 287 g/mol. The lowest BCUT2D eigenvalue weighted by Gasteiger charge is -2.19. The Kier molecular flexibility index (Phi) is 2.85. The van der Waals surface area contributed by atoms with E-state index in [1.54, 1.807) is 29.3 Å². The Morgan fingerprint density at radius 2 is 1.58 bits per heavy atom. The summed E-state index contributed by atoms with van der Waals surface area (Å²) in [5.74, 6) is -0.0371. The lowest BCUT2D eigenvalue weighted by Crippen LogP contribution is -2.40. The molecule has 1 saturated heterocycles. The number of nitrogens with zero attached hydrogens (tertiary/aromatic N) is 2. The summed E-state index contributed by atoms with van der Waals surface area (Å²) in [5, 5.41) is 2.87. The molecule has 1 fully saturated rings. The SMILES string of the molecule is CC1N(N2C(=O)c3ccccc3C2=O)C1(CCl)CCl. The maximum atomic E-state index is 12.3. The number of rotatable bonds is 3. The number of halogens is 2. The van der Waals surface area contributed by atoms with Gasteiger partial charge in [-0.1, -0.05) is 12.1 Å². The second kappa shape index (κ2) is 4.20. The van der Waals surface area contributed by atoms with Gasteiger partial charge in [0, 0.05) is 11.8 Å². The van der Waals surface area contributed by atoms with Crippen molar-refractivity contribution < 1.29 is 9.59 Å². The predicted molar refractivity (Wildman–Crippen MR) is 72.4 cm³/mol. The van der Waals surface area contributed by atoms with Gasteiger partial charge in [-0.25, -0.2) is 5.01 Å². The van der Waals surface area contributed by atoms with Crippen LogP contribution in [0.5, 0.6) is 0 Å². The Labute approximate surface area is 120 Å². The van der Waals surface area contributed by atoms with Gasteiger partial charge in [0.05, 0.1) is 22.7 Å². The van der Waals surface area contributed by atoms with Crippen molar-refractivity contribution in [2.45, 2.75) is 18.5 Å². The topological polar surface area (TPSA) is 40.4 Å². The van der Waals surface area contributed by atoms with Gasteiger partial charge in [-0.3, -0.25) is 9.59 Å². The summed E-state index contributed by atoms with van der Waals surface area (Å²) in [5.41, 5.74) is 0.366. The van der Waals surface area contributed by atoms with Crippen LogP contribution in [0.3, 0.4) is 0 Å². The molecule has 0 aliphatic carbocycles. The number of amides is 2. The van der Waals surface area contributed by atoms with E-state index in [4.69, 9.17) is 23.2 Å². The van der Waals surface area contributed by atoms with Crippen LogP contribution in [-0.4, -0.2) is 45.2 Å². The number of carbonyl (C=O) groups excluding carboxylic acids is 2. The molecule has 2 unspecified atom stereocenters. The van der Waals surface area contributed by atoms with Gasteiger partial charge in [-0.05, 0) is 19.1 Å². The molecule has 4 nitrogen and oxygen atoms in total. The zero-order valence-electron chi connectivity index (χ0n) is 10.3. The summed E-state index contributed by atoms with van der Waals surface area (Å²) in [7, 11) is 0. The zero-order valence-corrected chi connectivity index (χ0v) is 11.8. The summed E-state index contributed by atoms with van der Waals surface area (Å²) in [6, 6.07) is 6.79. The minimum absolute atomic E-state index is 0.0234. The zero-order chi connectivity index (χ0) is 13.8. The van der Waals surface area contributed by atoms with Crippen molar-refractivity contribution in [3.63, 3.8) is 0 Å². The Morgan fingerprint density at radius 1 is 1.11 bits per heavy atom. The van der Waals surface area contributed by atoms with E-state index in [0.29, 0.717) is 11.1 Å². The fourth-order valence-electron chi connectivity index (χ4n) is 2.64. The Bertz CT molecular complexity index is 537. The second-order valence-corrected chi connectivity index (χ2v) is 5.39. The third kappa shape index (κ3) is 1.51. The molecule has 0 N–H and O–H groups in total. The van der Waals surface area contributed by atoms with Gasteiger partial charge < -0.3 is 0 Å². The van der Waals surface area contributed by atoms with E-state index in [0.717, 1.165) is 0 Å². The molecule has 0 saturated carbocycles. The maximum absolute atomic E-state index is 12.3. The van der Waals surface area contributed by atoms with Gasteiger partial charge in [-0.2, -0.15) is 5.01 Å². The van der Waals surface area contributed by atoms with Gasteiger partial charge in [0.1, 0.15) is 0 Å². The van der Waals surface area contributed by atoms with Crippen molar-refractivity contribution >= 4 is 35.0 Å². The van der Waals surface area contributed by atoms with Gasteiger partial charge in [-0.15, -0.1) is 23.2 Å². The highest BCUT2D eigenvalue weighted by Crippen LogP contribution is 2.46. The molecule has 1 aromatic rings. The van der Waals surface area contributed by atoms with Gasteiger partial charge >= 0.3 is 0 Å². The first-order chi connectivity index (χ1) is 9.08. The number of imide groups is 1. The molecule has 19 heavy (non-hydrogen) atoms. The quantitative estimate of drug-likeness (QED) is 0.487. The first-order valence-electron chi connectivity index (χ1n) is 5.97. The molecule has 2 amide bonds. The van der Waals surface area contributed by atoms with Crippen molar-refractivity contribution in [2.24, 2.45) is 0 Å². The van der Waals surface area contributed by atoms with Crippen LogP contribution in [0, 0.1) is 0 Å². The first kappa shape index (κ1) is 12.9. The largest absolute Gasteiger partial charge is 0.276 e. The average Bonchev–Trinajstić information content (AvgIpc) is 2.94. The van der Waals surface area contributed by atoms with E-state index >= 15 is 0 Å². The van der Waals surface area contributed by atoms with Crippen molar-refractivity contribution in [2.75, 3.05) is 11.8 Å². The molecule has 2 heterocycles. The molecule has 0 bridgehead atoms. The summed E-state index contributed by atoms with van der Waals surface area (Å²) in [6.07, 6.45) is 0. The van der Waals surface area contributed by atoms with Crippen LogP contribution in [0.25, 0.3) is 0 Å². The highest BCUT2D eigenvalue weighted by Gasteiger charge is 2.65. The minimum Gasteiger partial charge on any atom is -0.267 e. The number of carbonyl (C=O) groups is 2. The van der Waals surface area contributed by atoms with Crippen LogP contribution in [0.15, 0.2) is 24.3 Å². The molecule has 6 heteroatoms. The Hall–Kier alpha value is -1.10. The third-order valence-electron chi connectivity index (χ3n) is 3.98. The highest BCUT2D eigenvalue weighted by atomic mass is 35.5. The summed E-state index contributed by atoms with van der Waals surface area (Å²) >= 11 is 11.9. The van der Waals surface area contributed by atoms with E-state index in [1.807, 2.05) is 6.92 Å². The molecule has 100 valence electrons. The average molecular weight is 299 g/mol. The van der Waals surface area contributed by atoms with Crippen LogP contribution < -0.4 is 0 Å². The second-order valence-electron chi connectivity index (χ2n) is 4.86. The summed E-state index contributed by atoms with van der Waals surface area (Å²) in [4.78, 5) is 24.7. The first-order valence-corrected chi connectivity index (χ1v) is 7.04. The molecule has 0 aromatic heterocycles. The van der Waals surface area contributed by atoms with Crippen LogP contribution in [0.4, 0.5) is 0 Å². The van der Waals surface area contributed by atoms with Gasteiger partial charge in [0.15, 0.2) is 0 Å². The van der Waals surface area contributed by atoms with Crippen molar-refractivity contribution in [1.82, 2.24) is 10.0 Å². The van der Waals surface area contributed by atoms with Gasteiger partial charge in [0.25, 0.3) is 11.8 Å². The van der Waals surface area contributed by atoms with Crippen molar-refractivity contribution in [3.05, 3.63) is 35.4 Å². The molecule has 3 rings (SSSR count). The molecule has 0 radical (unpaired) electrons. The Balaban J connectivity index is 1.98. The number of fused-ring (bicyclic) bond motifs is 1. The number of hydrogen-bond donors (Lipinski definition) is 0. The number of hydrogen-bond acceptors (Lipinski definition) is 3. The standard InChI is InChI=1S/C13H12Cl2N2O2/c1-8-13(6-14,7-15)17(8)16-11(18)9-4-2-3-5-10(9)12(16)19/h2-5,8H,6-7H2,1H3. The monoisotopic (exact) mass is 298 g/mol. The lowest BCUT2D eigenvalue weighted by molar-refractivity contribution is 0.0314. The van der Waals surface area contributed by atoms with Crippen LogP contribution in [0.1, 0.15) is 27.6 Å². The third-order valence-corrected chi connectivity index (χ3v) is 4.91. The fraction of sp³-hybridized carbons (Fsp3) is 0.385. The van der Waals surface area contributed by atoms with Crippen LogP contribution in [-0.2, 0) is 0 Å². The van der Waals surface area contributed by atoms with Crippen LogP contribution >= 0.6 is 23.2 Å². The van der Waals surface area contributed by atoms with E-state index in [9.17, 15) is 9.59 Å². The van der Waals surface area contributed by atoms with Crippen molar-refractivity contribution in [3.8, 4) is 0 Å². The summed E-state index contributed by atoms with van der Waals surface area (Å²) in [6.45, 7) is 1.91. The normalized spacial score (nSPS) is 27.6. The highest BCUT2D eigenvalue weighted by molar-refractivity contribution is 6.24. The minimum atomic E-state index is -0.503. The molecular formula is C13H12Cl2N2O2. The lowest BCUT2D eigenvalue weighted by atomic mass is 10.1. The number of benzene rings is 1. The predicted octanol–water partition coefficient (Wildman–Crippen LogP) is 2.12. The number of hydrazine groups is 1. The van der Waals surface area contributed by atoms with E-state index in [-0.39, 0.29) is 29.6 Å².